The van der Waals surface area contributed by atoms with Crippen LogP contribution in [0.25, 0.3) is 61.0 Å². The molecule has 1 aliphatic rings. The van der Waals surface area contributed by atoms with Crippen LogP contribution in [0.2, 0.25) is 0 Å². The van der Waals surface area contributed by atoms with Crippen molar-refractivity contribution in [1.29, 1.82) is 0 Å². The van der Waals surface area contributed by atoms with Gasteiger partial charge in [0.2, 0.25) is 0 Å². The maximum absolute atomic E-state index is 5.18. The van der Waals surface area contributed by atoms with Crippen LogP contribution < -0.4 is 14.7 Å². The first-order valence-electron chi connectivity index (χ1n) is 23.2. The second-order valence-corrected chi connectivity index (χ2v) is 18.1. The third-order valence-corrected chi connectivity index (χ3v) is 13.3. The summed E-state index contributed by atoms with van der Waals surface area (Å²) in [5.74, 6) is 1.64. The van der Waals surface area contributed by atoms with Crippen LogP contribution in [0.5, 0.6) is 0 Å². The van der Waals surface area contributed by atoms with E-state index in [0.717, 1.165) is 68.5 Å². The van der Waals surface area contributed by atoms with Gasteiger partial charge in [-0.15, -0.1) is 0 Å². The Bertz CT molecular complexity index is 3300. The van der Waals surface area contributed by atoms with E-state index in [1.54, 1.807) is 0 Å². The number of hydrogen-bond acceptors (Lipinski definition) is 4. The van der Waals surface area contributed by atoms with E-state index >= 15 is 0 Å². The Kier molecular flexibility index (Phi) is 10.5. The molecule has 10 aromatic rings. The van der Waals surface area contributed by atoms with Crippen LogP contribution in [0.4, 0.5) is 34.1 Å². The highest BCUT2D eigenvalue weighted by molar-refractivity contribution is 6.11. The van der Waals surface area contributed by atoms with Gasteiger partial charge in [-0.05, 0) is 106 Å². The van der Waals surface area contributed by atoms with E-state index in [2.05, 4.69) is 254 Å². The highest BCUT2D eigenvalue weighted by Gasteiger charge is 2.28. The van der Waals surface area contributed by atoms with E-state index in [1.165, 1.54) is 44.4 Å². The first-order chi connectivity index (χ1) is 32.3. The van der Waals surface area contributed by atoms with Crippen LogP contribution in [-0.4, -0.2) is 23.3 Å². The highest BCUT2D eigenvalue weighted by atomic mass is 15.4. The molecule has 0 spiro atoms. The number of anilines is 6. The van der Waals surface area contributed by atoms with Gasteiger partial charge < -0.3 is 14.7 Å². The molecular formula is C61H53N5. The zero-order valence-corrected chi connectivity index (χ0v) is 38.2. The van der Waals surface area contributed by atoms with Crippen molar-refractivity contribution in [2.75, 3.05) is 28.4 Å². The van der Waals surface area contributed by atoms with Crippen molar-refractivity contribution >= 4 is 55.9 Å². The molecule has 322 valence electrons. The van der Waals surface area contributed by atoms with Crippen molar-refractivity contribution in [3.05, 3.63) is 218 Å². The Morgan fingerprint density at radius 2 is 1.08 bits per heavy atom. The van der Waals surface area contributed by atoms with Gasteiger partial charge in [-0.25, -0.2) is 4.98 Å². The maximum Gasteiger partial charge on any atom is 0.138 e. The summed E-state index contributed by atoms with van der Waals surface area (Å²) in [5.41, 5.74) is 18.8. The van der Waals surface area contributed by atoms with Crippen molar-refractivity contribution in [3.63, 3.8) is 0 Å². The van der Waals surface area contributed by atoms with Gasteiger partial charge >= 0.3 is 0 Å². The Morgan fingerprint density at radius 1 is 0.485 bits per heavy atom. The first-order valence-corrected chi connectivity index (χ1v) is 23.2. The second kappa shape index (κ2) is 16.9. The average molecular weight is 856 g/mol. The Hall–Kier alpha value is -7.89. The summed E-state index contributed by atoms with van der Waals surface area (Å²) in [6.45, 7) is 9.94. The summed E-state index contributed by atoms with van der Waals surface area (Å²) >= 11 is 0. The number of para-hydroxylation sites is 4. The lowest BCUT2D eigenvalue weighted by molar-refractivity contribution is 0.838. The minimum absolute atomic E-state index is 0.372. The van der Waals surface area contributed by atoms with Crippen LogP contribution in [-0.2, 0) is 0 Å². The van der Waals surface area contributed by atoms with E-state index in [9.17, 15) is 0 Å². The van der Waals surface area contributed by atoms with E-state index in [-0.39, 0.29) is 0 Å². The third-order valence-electron chi connectivity index (χ3n) is 13.3. The number of nitrogens with zero attached hydrogens (tertiary/aromatic N) is 5. The number of fused-ring (bicyclic) bond motifs is 4. The van der Waals surface area contributed by atoms with Gasteiger partial charge in [0.15, 0.2) is 0 Å². The van der Waals surface area contributed by atoms with Crippen LogP contribution in [0.1, 0.15) is 50.7 Å². The Morgan fingerprint density at radius 3 is 1.77 bits per heavy atom. The fraction of sp³-hybridized carbons (Fsp3) is 0.131. The molecule has 1 aliphatic heterocycles. The van der Waals surface area contributed by atoms with Gasteiger partial charge in [0.05, 0.1) is 34.8 Å². The van der Waals surface area contributed by atoms with Crippen molar-refractivity contribution in [3.8, 4) is 39.2 Å². The van der Waals surface area contributed by atoms with Gasteiger partial charge in [-0.3, -0.25) is 4.57 Å². The van der Waals surface area contributed by atoms with E-state index in [4.69, 9.17) is 4.98 Å². The summed E-state index contributed by atoms with van der Waals surface area (Å²) < 4.78 is 2.37. The normalized spacial score (nSPS) is 12.5. The molecule has 3 heterocycles. The smallest absolute Gasteiger partial charge is 0.138 e. The summed E-state index contributed by atoms with van der Waals surface area (Å²) in [5, 5.41) is 2.37. The molecule has 5 heteroatoms. The minimum Gasteiger partial charge on any atom is -0.355 e. The van der Waals surface area contributed by atoms with Gasteiger partial charge in [0.1, 0.15) is 5.82 Å². The summed E-state index contributed by atoms with van der Waals surface area (Å²) in [4.78, 5) is 12.4. The zero-order valence-electron chi connectivity index (χ0n) is 38.2. The lowest BCUT2D eigenvalue weighted by Crippen LogP contribution is -2.24. The molecule has 0 radical (unpaired) electrons. The number of pyridine rings is 1. The highest BCUT2D eigenvalue weighted by Crippen LogP contribution is 2.49. The van der Waals surface area contributed by atoms with Crippen molar-refractivity contribution in [1.82, 2.24) is 9.55 Å². The second-order valence-electron chi connectivity index (χ2n) is 18.1. The lowest BCUT2D eigenvalue weighted by Gasteiger charge is -2.31. The van der Waals surface area contributed by atoms with Crippen molar-refractivity contribution < 1.29 is 0 Å². The van der Waals surface area contributed by atoms with Gasteiger partial charge in [0, 0.05) is 52.2 Å². The summed E-state index contributed by atoms with van der Waals surface area (Å²) in [7, 11) is 2.17. The quantitative estimate of drug-likeness (QED) is 0.137. The molecule has 0 bridgehead atoms. The van der Waals surface area contributed by atoms with E-state index in [1.807, 2.05) is 6.20 Å². The molecule has 0 N–H and O–H groups in total. The number of rotatable bonds is 10. The summed E-state index contributed by atoms with van der Waals surface area (Å²) in [6.07, 6.45) is 1.99. The van der Waals surface area contributed by atoms with Crippen molar-refractivity contribution in [2.45, 2.75) is 39.5 Å². The Labute approximate surface area is 388 Å². The fourth-order valence-electron chi connectivity index (χ4n) is 10.2. The molecule has 0 atom stereocenters. The monoisotopic (exact) mass is 855 g/mol. The van der Waals surface area contributed by atoms with Crippen molar-refractivity contribution in [2.24, 2.45) is 0 Å². The van der Waals surface area contributed by atoms with Gasteiger partial charge in [-0.1, -0.05) is 167 Å². The molecule has 5 nitrogen and oxygen atoms in total. The maximum atomic E-state index is 5.18. The molecule has 2 aromatic heterocycles. The standard InChI is InChI=1S/C61H53N5/c1-41(2)49-26-17-27-50(42(3)4)60(49)45-35-36-62-59(37-45)66-55-30-13-12-25-53(55)54-34-33-48(39-58(54)66)65(47-24-16-23-46(38-47)64-40-63(5)56-31-14-15-32-57(56)64)61-51(43-19-8-6-9-20-43)28-18-29-52(61)44-21-10-7-11-22-44/h6-39,41-42H,40H2,1-5H3. The molecular weight excluding hydrogens is 803 g/mol. The molecule has 11 rings (SSSR count). The molecule has 0 fully saturated rings. The number of hydrogen-bond donors (Lipinski definition) is 0. The molecule has 0 unspecified atom stereocenters. The van der Waals surface area contributed by atoms with Crippen LogP contribution in [0.3, 0.4) is 0 Å². The van der Waals surface area contributed by atoms with Gasteiger partial charge in [-0.2, -0.15) is 0 Å². The molecule has 66 heavy (non-hydrogen) atoms. The molecule has 0 amide bonds. The predicted octanol–water partition coefficient (Wildman–Crippen LogP) is 16.4. The molecule has 0 aliphatic carbocycles. The SMILES string of the molecule is CC(C)c1cccc(C(C)C)c1-c1ccnc(-n2c3ccccc3c3ccc(N(c4cccc(N5CN(C)c6ccccc65)c4)c4c(-c5ccccc5)cccc4-c4ccccc4)cc32)c1. The average Bonchev–Trinajstić information content (AvgIpc) is 3.88. The molecule has 0 saturated carbocycles. The number of benzene rings is 8. The first kappa shape index (κ1) is 40.9. The lowest BCUT2D eigenvalue weighted by atomic mass is 9.85. The van der Waals surface area contributed by atoms with E-state index in [0.29, 0.717) is 11.8 Å². The van der Waals surface area contributed by atoms with Crippen LogP contribution >= 0.6 is 0 Å². The predicted molar refractivity (Wildman–Crippen MR) is 280 cm³/mol. The van der Waals surface area contributed by atoms with Gasteiger partial charge in [0.25, 0.3) is 0 Å². The van der Waals surface area contributed by atoms with E-state index < -0.39 is 0 Å². The molecule has 0 saturated heterocycles. The zero-order chi connectivity index (χ0) is 44.9. The topological polar surface area (TPSA) is 27.5 Å². The summed E-state index contributed by atoms with van der Waals surface area (Å²) in [6, 6.07) is 73.1. The van der Waals surface area contributed by atoms with Crippen LogP contribution in [0.15, 0.2) is 206 Å². The minimum atomic E-state index is 0.372. The fourth-order valence-corrected chi connectivity index (χ4v) is 10.2. The van der Waals surface area contributed by atoms with Crippen LogP contribution in [0, 0.1) is 0 Å². The molecule has 8 aromatic carbocycles. The largest absolute Gasteiger partial charge is 0.355 e. The Balaban J connectivity index is 1.18. The third kappa shape index (κ3) is 7.08. The number of aromatic nitrogens is 2.